The summed E-state index contributed by atoms with van der Waals surface area (Å²) >= 11 is 0. The number of hydrogen-bond acceptors (Lipinski definition) is 3. The molecule has 1 heterocycles. The van der Waals surface area contributed by atoms with Crippen LogP contribution in [0.3, 0.4) is 0 Å². The van der Waals surface area contributed by atoms with Gasteiger partial charge in [-0.25, -0.2) is 0 Å². The number of amides is 1. The van der Waals surface area contributed by atoms with Gasteiger partial charge < -0.3 is 10.6 Å². The van der Waals surface area contributed by atoms with Gasteiger partial charge >= 0.3 is 6.18 Å². The molecule has 0 atom stereocenters. The normalized spacial score (nSPS) is 15.2. The first-order valence-electron chi connectivity index (χ1n) is 8.13. The van der Waals surface area contributed by atoms with E-state index in [2.05, 4.69) is 15.6 Å². The van der Waals surface area contributed by atoms with Crippen molar-refractivity contribution in [1.29, 1.82) is 0 Å². The first-order valence-corrected chi connectivity index (χ1v) is 8.13. The van der Waals surface area contributed by atoms with Crippen molar-refractivity contribution in [3.05, 3.63) is 53.9 Å². The summed E-state index contributed by atoms with van der Waals surface area (Å²) in [5.41, 5.74) is 0.309. The number of alkyl halides is 3. The van der Waals surface area contributed by atoms with Crippen LogP contribution in [0, 0.1) is 0 Å². The minimum atomic E-state index is -4.40. The van der Waals surface area contributed by atoms with Crippen LogP contribution >= 0.6 is 0 Å². The van der Waals surface area contributed by atoms with Crippen LogP contribution in [0.2, 0.25) is 0 Å². The van der Waals surface area contributed by atoms with Gasteiger partial charge in [0.1, 0.15) is 5.69 Å². The van der Waals surface area contributed by atoms with Gasteiger partial charge in [0.15, 0.2) is 0 Å². The van der Waals surface area contributed by atoms with Gasteiger partial charge in [0.25, 0.3) is 5.91 Å². The van der Waals surface area contributed by atoms with E-state index < -0.39 is 11.7 Å². The SMILES string of the molecule is O=C(NC1CCCC1)c1cc(Nc2cccc(C(F)(F)F)c2)ccn1. The molecule has 2 N–H and O–H groups in total. The molecule has 3 rings (SSSR count). The standard InChI is InChI=1S/C18H18F3N3O/c19-18(20,21)12-4-3-7-14(10-12)23-15-8-9-22-16(11-15)17(25)24-13-5-1-2-6-13/h3-4,7-11,13H,1-2,5-6H2,(H,22,23)(H,24,25). The van der Waals surface area contributed by atoms with E-state index in [0.29, 0.717) is 11.4 Å². The number of nitrogens with zero attached hydrogens (tertiary/aromatic N) is 1. The van der Waals surface area contributed by atoms with Gasteiger partial charge in [-0.2, -0.15) is 13.2 Å². The summed E-state index contributed by atoms with van der Waals surface area (Å²) < 4.78 is 38.3. The topological polar surface area (TPSA) is 54.0 Å². The molecule has 7 heteroatoms. The van der Waals surface area contributed by atoms with E-state index in [1.807, 2.05) is 0 Å². The Morgan fingerprint density at radius 1 is 1.08 bits per heavy atom. The quantitative estimate of drug-likeness (QED) is 0.853. The number of nitrogens with one attached hydrogen (secondary N) is 2. The zero-order chi connectivity index (χ0) is 17.9. The first-order chi connectivity index (χ1) is 11.9. The van der Waals surface area contributed by atoms with Gasteiger partial charge in [-0.1, -0.05) is 18.9 Å². The van der Waals surface area contributed by atoms with E-state index in [9.17, 15) is 18.0 Å². The number of rotatable bonds is 4. The molecule has 4 nitrogen and oxygen atoms in total. The lowest BCUT2D eigenvalue weighted by atomic mass is 10.2. The summed E-state index contributed by atoms with van der Waals surface area (Å²) in [5, 5.41) is 5.82. The second kappa shape index (κ2) is 7.13. The summed E-state index contributed by atoms with van der Waals surface area (Å²) in [7, 11) is 0. The predicted octanol–water partition coefficient (Wildman–Crippen LogP) is 4.52. The average molecular weight is 349 g/mol. The van der Waals surface area contributed by atoms with E-state index in [0.717, 1.165) is 37.8 Å². The van der Waals surface area contributed by atoms with Crippen LogP contribution in [0.1, 0.15) is 41.7 Å². The van der Waals surface area contributed by atoms with Crippen molar-refractivity contribution in [1.82, 2.24) is 10.3 Å². The van der Waals surface area contributed by atoms with Crippen LogP contribution < -0.4 is 10.6 Å². The van der Waals surface area contributed by atoms with Gasteiger partial charge in [0.05, 0.1) is 5.56 Å². The van der Waals surface area contributed by atoms with Crippen LogP contribution in [0.4, 0.5) is 24.5 Å². The maximum atomic E-state index is 12.8. The maximum Gasteiger partial charge on any atom is 0.416 e. The molecule has 0 spiro atoms. The fourth-order valence-electron chi connectivity index (χ4n) is 2.90. The molecule has 25 heavy (non-hydrogen) atoms. The monoisotopic (exact) mass is 349 g/mol. The summed E-state index contributed by atoms with van der Waals surface area (Å²) in [6, 6.07) is 8.22. The lowest BCUT2D eigenvalue weighted by Gasteiger charge is -2.13. The van der Waals surface area contributed by atoms with E-state index in [4.69, 9.17) is 0 Å². The number of benzene rings is 1. The zero-order valence-electron chi connectivity index (χ0n) is 13.4. The van der Waals surface area contributed by atoms with Crippen molar-refractivity contribution in [2.45, 2.75) is 37.9 Å². The highest BCUT2D eigenvalue weighted by Crippen LogP contribution is 2.31. The van der Waals surface area contributed by atoms with Gasteiger partial charge in [-0.3, -0.25) is 9.78 Å². The number of anilines is 2. The molecule has 0 bridgehead atoms. The molecule has 1 amide bonds. The Bertz CT molecular complexity index is 755. The van der Waals surface area contributed by atoms with Gasteiger partial charge in [-0.15, -0.1) is 0 Å². The highest BCUT2D eigenvalue weighted by atomic mass is 19.4. The number of halogens is 3. The summed E-state index contributed by atoms with van der Waals surface area (Å²) in [6.07, 6.45) is 1.20. The zero-order valence-corrected chi connectivity index (χ0v) is 13.4. The Kier molecular flexibility index (Phi) is 4.92. The van der Waals surface area contributed by atoms with Crippen LogP contribution in [0.25, 0.3) is 0 Å². The molecule has 0 aliphatic heterocycles. The van der Waals surface area contributed by atoms with Crippen molar-refractivity contribution < 1.29 is 18.0 Å². The molecular formula is C18H18F3N3O. The largest absolute Gasteiger partial charge is 0.416 e. The molecular weight excluding hydrogens is 331 g/mol. The smallest absolute Gasteiger partial charge is 0.355 e. The minimum Gasteiger partial charge on any atom is -0.355 e. The minimum absolute atomic E-state index is 0.175. The van der Waals surface area contributed by atoms with Crippen molar-refractivity contribution in [3.63, 3.8) is 0 Å². The second-order valence-corrected chi connectivity index (χ2v) is 6.09. The third-order valence-corrected chi connectivity index (χ3v) is 4.16. The molecule has 1 fully saturated rings. The molecule has 1 aromatic carbocycles. The molecule has 0 saturated heterocycles. The lowest BCUT2D eigenvalue weighted by Crippen LogP contribution is -2.33. The number of hydrogen-bond donors (Lipinski definition) is 2. The fourth-order valence-corrected chi connectivity index (χ4v) is 2.90. The molecule has 1 aliphatic rings. The Morgan fingerprint density at radius 3 is 2.52 bits per heavy atom. The Labute approximate surface area is 143 Å². The van der Waals surface area contributed by atoms with Crippen molar-refractivity contribution >= 4 is 17.3 Å². The van der Waals surface area contributed by atoms with E-state index in [1.165, 1.54) is 24.4 Å². The van der Waals surface area contributed by atoms with Crippen molar-refractivity contribution in [2.24, 2.45) is 0 Å². The maximum absolute atomic E-state index is 12.8. The van der Waals surface area contributed by atoms with E-state index in [1.54, 1.807) is 6.07 Å². The predicted molar refractivity (Wildman–Crippen MR) is 88.7 cm³/mol. The van der Waals surface area contributed by atoms with Gasteiger partial charge in [0.2, 0.25) is 0 Å². The van der Waals surface area contributed by atoms with E-state index in [-0.39, 0.29) is 17.6 Å². The highest BCUT2D eigenvalue weighted by Gasteiger charge is 2.30. The Hall–Kier alpha value is -2.57. The van der Waals surface area contributed by atoms with Crippen LogP contribution in [-0.2, 0) is 6.18 Å². The average Bonchev–Trinajstić information content (AvgIpc) is 3.07. The number of carbonyl (C=O) groups is 1. The van der Waals surface area contributed by atoms with Crippen molar-refractivity contribution in [3.8, 4) is 0 Å². The Morgan fingerprint density at radius 2 is 1.80 bits per heavy atom. The fraction of sp³-hybridized carbons (Fsp3) is 0.333. The van der Waals surface area contributed by atoms with Crippen LogP contribution in [-0.4, -0.2) is 16.9 Å². The first kappa shape index (κ1) is 17.3. The van der Waals surface area contributed by atoms with Gasteiger partial charge in [-0.05, 0) is 43.2 Å². The second-order valence-electron chi connectivity index (χ2n) is 6.09. The number of carbonyl (C=O) groups excluding carboxylic acids is 1. The number of aromatic nitrogens is 1. The molecule has 0 unspecified atom stereocenters. The van der Waals surface area contributed by atoms with Crippen LogP contribution in [0.15, 0.2) is 42.6 Å². The molecule has 1 aromatic heterocycles. The summed E-state index contributed by atoms with van der Waals surface area (Å²) in [6.45, 7) is 0. The Balaban J connectivity index is 1.72. The third kappa shape index (κ3) is 4.49. The lowest BCUT2D eigenvalue weighted by molar-refractivity contribution is -0.137. The van der Waals surface area contributed by atoms with Gasteiger partial charge in [0, 0.05) is 23.6 Å². The molecule has 132 valence electrons. The van der Waals surface area contributed by atoms with E-state index >= 15 is 0 Å². The summed E-state index contributed by atoms with van der Waals surface area (Å²) in [5.74, 6) is -0.264. The summed E-state index contributed by atoms with van der Waals surface area (Å²) in [4.78, 5) is 16.3. The molecule has 1 saturated carbocycles. The molecule has 1 aliphatic carbocycles. The van der Waals surface area contributed by atoms with Crippen LogP contribution in [0.5, 0.6) is 0 Å². The molecule has 2 aromatic rings. The highest BCUT2D eigenvalue weighted by molar-refractivity contribution is 5.93. The third-order valence-electron chi connectivity index (χ3n) is 4.16. The molecule has 0 radical (unpaired) electrons. The number of pyridine rings is 1. The van der Waals surface area contributed by atoms with Crippen molar-refractivity contribution in [2.75, 3.05) is 5.32 Å².